The van der Waals surface area contributed by atoms with Gasteiger partial charge in [-0.05, 0) is 37.0 Å². The van der Waals surface area contributed by atoms with Crippen molar-refractivity contribution in [1.82, 2.24) is 10.3 Å². The molecule has 1 N–H and O–H groups in total. The first-order valence-corrected chi connectivity index (χ1v) is 5.40. The molecule has 14 heavy (non-hydrogen) atoms. The van der Waals surface area contributed by atoms with E-state index in [2.05, 4.69) is 37.1 Å². The molecule has 0 atom stereocenters. The van der Waals surface area contributed by atoms with Gasteiger partial charge in [-0.2, -0.15) is 0 Å². The van der Waals surface area contributed by atoms with E-state index in [4.69, 9.17) is 0 Å². The van der Waals surface area contributed by atoms with Crippen LogP contribution in [0.5, 0.6) is 0 Å². The maximum atomic E-state index is 4.14. The summed E-state index contributed by atoms with van der Waals surface area (Å²) in [5.74, 6) is 0. The van der Waals surface area contributed by atoms with Gasteiger partial charge in [0, 0.05) is 25.0 Å². The summed E-state index contributed by atoms with van der Waals surface area (Å²) in [6.07, 6.45) is 6.17. The number of pyridine rings is 1. The van der Waals surface area contributed by atoms with Crippen LogP contribution in [0.4, 0.5) is 0 Å². The number of hydrogen-bond donors (Lipinski definition) is 1. The molecular formula is C12H20N2. The van der Waals surface area contributed by atoms with Crippen LogP contribution < -0.4 is 5.32 Å². The van der Waals surface area contributed by atoms with Crippen LogP contribution in [-0.2, 0) is 6.54 Å². The molecule has 1 heterocycles. The molecule has 0 aliphatic heterocycles. The number of aryl methyl sites for hydroxylation is 1. The molecule has 1 aromatic heterocycles. The lowest BCUT2D eigenvalue weighted by Crippen LogP contribution is -2.27. The Hall–Kier alpha value is -0.890. The van der Waals surface area contributed by atoms with Crippen molar-refractivity contribution in [2.24, 2.45) is 0 Å². The van der Waals surface area contributed by atoms with Crippen molar-refractivity contribution in [2.75, 3.05) is 0 Å². The maximum absolute atomic E-state index is 4.14. The van der Waals surface area contributed by atoms with Gasteiger partial charge < -0.3 is 5.32 Å². The molecule has 0 bridgehead atoms. The van der Waals surface area contributed by atoms with Crippen LogP contribution in [0.2, 0.25) is 0 Å². The molecule has 0 aromatic carbocycles. The van der Waals surface area contributed by atoms with Gasteiger partial charge >= 0.3 is 0 Å². The molecule has 78 valence electrons. The highest BCUT2D eigenvalue weighted by molar-refractivity contribution is 5.21. The lowest BCUT2D eigenvalue weighted by molar-refractivity contribution is 0.483. The minimum absolute atomic E-state index is 0.634. The van der Waals surface area contributed by atoms with Crippen LogP contribution in [0.1, 0.15) is 37.8 Å². The third-order valence-electron chi connectivity index (χ3n) is 2.71. The Kier molecular flexibility index (Phi) is 4.60. The zero-order chi connectivity index (χ0) is 10.4. The molecule has 2 nitrogen and oxygen atoms in total. The second-order valence-electron chi connectivity index (χ2n) is 3.70. The Bertz CT molecular complexity index is 267. The lowest BCUT2D eigenvalue weighted by atomic mass is 10.1. The molecule has 0 aliphatic carbocycles. The quantitative estimate of drug-likeness (QED) is 0.775. The fourth-order valence-electron chi connectivity index (χ4n) is 1.51. The first kappa shape index (κ1) is 11.2. The summed E-state index contributed by atoms with van der Waals surface area (Å²) in [5.41, 5.74) is 2.62. The number of nitrogens with zero attached hydrogens (tertiary/aromatic N) is 1. The van der Waals surface area contributed by atoms with Gasteiger partial charge in [0.15, 0.2) is 0 Å². The maximum Gasteiger partial charge on any atom is 0.0315 e. The summed E-state index contributed by atoms with van der Waals surface area (Å²) in [6.45, 7) is 7.51. The molecule has 0 fully saturated rings. The molecule has 0 spiro atoms. The number of aromatic nitrogens is 1. The van der Waals surface area contributed by atoms with E-state index in [-0.39, 0.29) is 0 Å². The predicted octanol–water partition coefficient (Wildman–Crippen LogP) is 2.67. The first-order valence-electron chi connectivity index (χ1n) is 5.40. The van der Waals surface area contributed by atoms with Crippen LogP contribution in [0.15, 0.2) is 18.5 Å². The Morgan fingerprint density at radius 1 is 1.36 bits per heavy atom. The molecular weight excluding hydrogens is 172 g/mol. The zero-order valence-electron chi connectivity index (χ0n) is 9.38. The van der Waals surface area contributed by atoms with E-state index in [9.17, 15) is 0 Å². The van der Waals surface area contributed by atoms with E-state index in [1.165, 1.54) is 24.0 Å². The Morgan fingerprint density at radius 2 is 2.07 bits per heavy atom. The highest BCUT2D eigenvalue weighted by atomic mass is 14.9. The van der Waals surface area contributed by atoms with Gasteiger partial charge in [0.25, 0.3) is 0 Å². The van der Waals surface area contributed by atoms with E-state index in [0.717, 1.165) is 6.54 Å². The molecule has 1 aromatic rings. The fraction of sp³-hybridized carbons (Fsp3) is 0.583. The molecule has 0 aliphatic rings. The molecule has 0 radical (unpaired) electrons. The van der Waals surface area contributed by atoms with Gasteiger partial charge in [-0.1, -0.05) is 13.8 Å². The molecule has 0 saturated heterocycles. The molecule has 1 rings (SSSR count). The summed E-state index contributed by atoms with van der Waals surface area (Å²) < 4.78 is 0. The van der Waals surface area contributed by atoms with E-state index in [1.807, 2.05) is 12.4 Å². The summed E-state index contributed by atoms with van der Waals surface area (Å²) in [7, 11) is 0. The minimum Gasteiger partial charge on any atom is -0.310 e. The summed E-state index contributed by atoms with van der Waals surface area (Å²) in [6, 6.07) is 2.69. The Balaban J connectivity index is 2.49. The predicted molar refractivity (Wildman–Crippen MR) is 60.2 cm³/mol. The number of rotatable bonds is 5. The van der Waals surface area contributed by atoms with Gasteiger partial charge in [-0.25, -0.2) is 0 Å². The molecule has 0 saturated carbocycles. The Morgan fingerprint density at radius 3 is 2.64 bits per heavy atom. The standard InChI is InChI=1S/C12H20N2/c1-4-12(5-2)14-9-11-8-13-7-6-10(11)3/h6-8,12,14H,4-5,9H2,1-3H3. The van der Waals surface area contributed by atoms with Gasteiger partial charge in [0.2, 0.25) is 0 Å². The second-order valence-corrected chi connectivity index (χ2v) is 3.70. The monoisotopic (exact) mass is 192 g/mol. The Labute approximate surface area is 86.8 Å². The van der Waals surface area contributed by atoms with E-state index < -0.39 is 0 Å². The second kappa shape index (κ2) is 5.76. The highest BCUT2D eigenvalue weighted by Gasteiger charge is 2.03. The molecule has 0 amide bonds. The van der Waals surface area contributed by atoms with Crippen molar-refractivity contribution in [2.45, 2.75) is 46.2 Å². The van der Waals surface area contributed by atoms with Crippen molar-refractivity contribution in [3.8, 4) is 0 Å². The smallest absolute Gasteiger partial charge is 0.0315 e. The van der Waals surface area contributed by atoms with Gasteiger partial charge in [0.1, 0.15) is 0 Å². The van der Waals surface area contributed by atoms with Crippen LogP contribution in [0.3, 0.4) is 0 Å². The van der Waals surface area contributed by atoms with Crippen LogP contribution in [0, 0.1) is 6.92 Å². The molecule has 0 unspecified atom stereocenters. The van der Waals surface area contributed by atoms with E-state index in [0.29, 0.717) is 6.04 Å². The van der Waals surface area contributed by atoms with Crippen molar-refractivity contribution in [1.29, 1.82) is 0 Å². The van der Waals surface area contributed by atoms with E-state index in [1.54, 1.807) is 0 Å². The van der Waals surface area contributed by atoms with Crippen molar-refractivity contribution in [3.05, 3.63) is 29.6 Å². The van der Waals surface area contributed by atoms with Crippen LogP contribution in [-0.4, -0.2) is 11.0 Å². The van der Waals surface area contributed by atoms with E-state index >= 15 is 0 Å². The third kappa shape index (κ3) is 3.11. The average molecular weight is 192 g/mol. The minimum atomic E-state index is 0.634. The first-order chi connectivity index (χ1) is 6.77. The zero-order valence-corrected chi connectivity index (χ0v) is 9.38. The van der Waals surface area contributed by atoms with Crippen molar-refractivity contribution < 1.29 is 0 Å². The largest absolute Gasteiger partial charge is 0.310 e. The highest BCUT2D eigenvalue weighted by Crippen LogP contribution is 2.05. The van der Waals surface area contributed by atoms with Crippen LogP contribution in [0.25, 0.3) is 0 Å². The fourth-order valence-corrected chi connectivity index (χ4v) is 1.51. The van der Waals surface area contributed by atoms with Gasteiger partial charge in [0.05, 0.1) is 0 Å². The SMILES string of the molecule is CCC(CC)NCc1cnccc1C. The summed E-state index contributed by atoms with van der Waals surface area (Å²) in [5, 5.41) is 3.54. The van der Waals surface area contributed by atoms with Crippen molar-refractivity contribution in [3.63, 3.8) is 0 Å². The number of hydrogen-bond acceptors (Lipinski definition) is 2. The van der Waals surface area contributed by atoms with Crippen LogP contribution >= 0.6 is 0 Å². The topological polar surface area (TPSA) is 24.9 Å². The van der Waals surface area contributed by atoms with Crippen molar-refractivity contribution >= 4 is 0 Å². The summed E-state index contributed by atoms with van der Waals surface area (Å²) in [4.78, 5) is 4.14. The van der Waals surface area contributed by atoms with Gasteiger partial charge in [-0.15, -0.1) is 0 Å². The van der Waals surface area contributed by atoms with Gasteiger partial charge in [-0.3, -0.25) is 4.98 Å². The average Bonchev–Trinajstić information content (AvgIpc) is 2.22. The third-order valence-corrected chi connectivity index (χ3v) is 2.71. The molecule has 2 heteroatoms. The number of nitrogens with one attached hydrogen (secondary N) is 1. The summed E-state index contributed by atoms with van der Waals surface area (Å²) >= 11 is 0. The lowest BCUT2D eigenvalue weighted by Gasteiger charge is -2.15. The normalized spacial score (nSPS) is 10.9.